The molecule has 0 bridgehead atoms. The first kappa shape index (κ1) is 18.4. The predicted molar refractivity (Wildman–Crippen MR) is 75.1 cm³/mol. The Morgan fingerprint density at radius 1 is 1.43 bits per heavy atom. The second kappa shape index (κ2) is 9.39. The van der Waals surface area contributed by atoms with Crippen LogP contribution in [-0.2, 0) is 9.47 Å². The normalized spacial score (nSPS) is 29.2. The van der Waals surface area contributed by atoms with Gasteiger partial charge in [-0.2, -0.15) is 0 Å². The lowest BCUT2D eigenvalue weighted by Gasteiger charge is -2.41. The Morgan fingerprint density at radius 2 is 2.14 bits per heavy atom. The first-order valence-electron chi connectivity index (χ1n) is 6.78. The molecular formula is C12H23ClN2O6. The van der Waals surface area contributed by atoms with Gasteiger partial charge in [-0.05, 0) is 6.42 Å². The zero-order chi connectivity index (χ0) is 15.8. The van der Waals surface area contributed by atoms with Gasteiger partial charge in [0.15, 0.2) is 6.23 Å². The molecule has 8 nitrogen and oxygen atoms in total. The second-order valence-corrected chi connectivity index (χ2v) is 5.11. The molecule has 1 aliphatic heterocycles. The van der Waals surface area contributed by atoms with Crippen LogP contribution in [0.2, 0.25) is 0 Å². The van der Waals surface area contributed by atoms with Gasteiger partial charge in [0.05, 0.1) is 6.61 Å². The van der Waals surface area contributed by atoms with E-state index in [9.17, 15) is 20.1 Å². The summed E-state index contributed by atoms with van der Waals surface area (Å²) in [5, 5.41) is 31.7. The van der Waals surface area contributed by atoms with Gasteiger partial charge in [0.25, 0.3) is 0 Å². The molecule has 9 heteroatoms. The van der Waals surface area contributed by atoms with E-state index in [1.165, 1.54) is 4.90 Å². The number of hydrogen-bond donors (Lipinski definition) is 4. The van der Waals surface area contributed by atoms with Crippen LogP contribution in [-0.4, -0.2) is 90.1 Å². The van der Waals surface area contributed by atoms with E-state index in [-0.39, 0.29) is 25.6 Å². The van der Waals surface area contributed by atoms with Gasteiger partial charge < -0.3 is 30.1 Å². The quantitative estimate of drug-likeness (QED) is 0.342. The fraction of sp³-hybridized carbons (Fsp3) is 0.917. The van der Waals surface area contributed by atoms with Gasteiger partial charge in [-0.15, -0.1) is 11.6 Å². The fourth-order valence-electron chi connectivity index (χ4n) is 2.04. The van der Waals surface area contributed by atoms with E-state index in [1.807, 2.05) is 0 Å². The van der Waals surface area contributed by atoms with Crippen molar-refractivity contribution in [2.45, 2.75) is 31.0 Å². The summed E-state index contributed by atoms with van der Waals surface area (Å²) in [6.07, 6.45) is -4.43. The van der Waals surface area contributed by atoms with E-state index in [0.717, 1.165) is 0 Å². The van der Waals surface area contributed by atoms with Gasteiger partial charge in [-0.1, -0.05) is 0 Å². The third-order valence-corrected chi connectivity index (χ3v) is 3.35. The summed E-state index contributed by atoms with van der Waals surface area (Å²) in [5.74, 6) is 0.257. The number of urea groups is 1. The van der Waals surface area contributed by atoms with Crippen LogP contribution in [0.25, 0.3) is 0 Å². The molecule has 1 aliphatic rings. The number of carbonyl (C=O) groups excluding carboxylic acids is 1. The van der Waals surface area contributed by atoms with Crippen LogP contribution in [0.1, 0.15) is 6.42 Å². The maximum atomic E-state index is 12.1. The van der Waals surface area contributed by atoms with Crippen LogP contribution in [0.4, 0.5) is 4.79 Å². The summed E-state index contributed by atoms with van der Waals surface area (Å²) in [6, 6.07) is -0.459. The van der Waals surface area contributed by atoms with Gasteiger partial charge >= 0.3 is 6.03 Å². The number of nitrogens with one attached hydrogen (secondary N) is 1. The third kappa shape index (κ3) is 5.24. The molecule has 0 saturated carbocycles. The number of halogens is 1. The Morgan fingerprint density at radius 3 is 2.76 bits per heavy atom. The molecule has 1 saturated heterocycles. The molecule has 0 aliphatic carbocycles. The van der Waals surface area contributed by atoms with Crippen LogP contribution in [0, 0.1) is 0 Å². The van der Waals surface area contributed by atoms with E-state index in [4.69, 9.17) is 21.1 Å². The minimum absolute atomic E-state index is 0.160. The van der Waals surface area contributed by atoms with Crippen molar-refractivity contribution in [3.05, 3.63) is 0 Å². The largest absolute Gasteiger partial charge is 0.388 e. The number of alkyl halides is 1. The van der Waals surface area contributed by atoms with Crippen molar-refractivity contribution in [2.75, 3.05) is 39.3 Å². The van der Waals surface area contributed by atoms with Gasteiger partial charge in [0.1, 0.15) is 18.3 Å². The molecule has 4 N–H and O–H groups in total. The topological polar surface area (TPSA) is 111 Å². The van der Waals surface area contributed by atoms with Gasteiger partial charge in [-0.25, -0.2) is 4.79 Å². The van der Waals surface area contributed by atoms with Crippen LogP contribution in [0.3, 0.4) is 0 Å². The number of amides is 2. The molecule has 1 heterocycles. The molecule has 0 spiro atoms. The first-order valence-corrected chi connectivity index (χ1v) is 7.31. The van der Waals surface area contributed by atoms with E-state index >= 15 is 0 Å². The molecule has 1 fully saturated rings. The minimum atomic E-state index is -1.39. The molecule has 0 radical (unpaired) electrons. The molecule has 1 unspecified atom stereocenters. The number of nitrogens with zero attached hydrogens (tertiary/aromatic N) is 1. The molecule has 21 heavy (non-hydrogen) atoms. The highest BCUT2D eigenvalue weighted by atomic mass is 35.5. The Balaban J connectivity index is 2.71. The van der Waals surface area contributed by atoms with Crippen molar-refractivity contribution in [3.63, 3.8) is 0 Å². The van der Waals surface area contributed by atoms with Crippen LogP contribution >= 0.6 is 11.6 Å². The second-order valence-electron chi connectivity index (χ2n) is 4.73. The van der Waals surface area contributed by atoms with Gasteiger partial charge in [0, 0.05) is 32.7 Å². The monoisotopic (exact) mass is 326 g/mol. The molecule has 0 aromatic heterocycles. The average Bonchev–Trinajstić information content (AvgIpc) is 2.48. The van der Waals surface area contributed by atoms with E-state index in [0.29, 0.717) is 13.0 Å². The molecule has 124 valence electrons. The highest BCUT2D eigenvalue weighted by Gasteiger charge is 2.41. The highest BCUT2D eigenvalue weighted by Crippen LogP contribution is 2.19. The van der Waals surface area contributed by atoms with E-state index in [1.54, 1.807) is 7.11 Å². The van der Waals surface area contributed by atoms with Crippen LogP contribution in [0.15, 0.2) is 0 Å². The highest BCUT2D eigenvalue weighted by molar-refractivity contribution is 6.18. The molecule has 2 amide bonds. The number of ether oxygens (including phenoxy) is 2. The van der Waals surface area contributed by atoms with Crippen molar-refractivity contribution in [2.24, 2.45) is 0 Å². The Hall–Kier alpha value is -0.640. The first-order chi connectivity index (χ1) is 10.0. The summed E-state index contributed by atoms with van der Waals surface area (Å²) in [4.78, 5) is 13.4. The zero-order valence-corrected chi connectivity index (χ0v) is 12.7. The standard InChI is InChI=1S/C12H23ClN2O6/c1-20-6-2-5-15(12(19)14-4-3-13)11-10(18)9(17)8(16)7-21-11/h8-11,16-18H,2-7H2,1H3,(H,14,19)/t8-,9-,10+,11?/m1/s1. The maximum Gasteiger partial charge on any atom is 0.319 e. The number of aliphatic hydroxyl groups excluding tert-OH is 3. The van der Waals surface area contributed by atoms with Crippen molar-refractivity contribution < 1.29 is 29.6 Å². The van der Waals surface area contributed by atoms with E-state index in [2.05, 4.69) is 5.32 Å². The number of methoxy groups -OCH3 is 1. The minimum Gasteiger partial charge on any atom is -0.388 e. The van der Waals surface area contributed by atoms with E-state index < -0.39 is 30.6 Å². The average molecular weight is 327 g/mol. The number of hydrogen-bond acceptors (Lipinski definition) is 6. The molecule has 0 aromatic carbocycles. The summed E-state index contributed by atoms with van der Waals surface area (Å²) in [7, 11) is 1.55. The van der Waals surface area contributed by atoms with Crippen molar-refractivity contribution in [3.8, 4) is 0 Å². The van der Waals surface area contributed by atoms with Gasteiger partial charge in [-0.3, -0.25) is 4.90 Å². The fourth-order valence-corrected chi connectivity index (χ4v) is 2.14. The molecule has 0 aromatic rings. The van der Waals surface area contributed by atoms with Crippen molar-refractivity contribution in [1.29, 1.82) is 0 Å². The lowest BCUT2D eigenvalue weighted by molar-refractivity contribution is -0.219. The van der Waals surface area contributed by atoms with Crippen molar-refractivity contribution >= 4 is 17.6 Å². The van der Waals surface area contributed by atoms with Crippen LogP contribution in [0.5, 0.6) is 0 Å². The third-order valence-electron chi connectivity index (χ3n) is 3.16. The number of aliphatic hydroxyl groups is 3. The number of rotatable bonds is 7. The summed E-state index contributed by atoms with van der Waals surface area (Å²) in [5.41, 5.74) is 0. The predicted octanol–water partition coefficient (Wildman–Crippen LogP) is -1.29. The maximum absolute atomic E-state index is 12.1. The summed E-state index contributed by atoms with van der Waals surface area (Å²) in [6.45, 7) is 0.821. The molecular weight excluding hydrogens is 304 g/mol. The smallest absolute Gasteiger partial charge is 0.319 e. The van der Waals surface area contributed by atoms with Crippen molar-refractivity contribution in [1.82, 2.24) is 10.2 Å². The zero-order valence-electron chi connectivity index (χ0n) is 11.9. The summed E-state index contributed by atoms with van der Waals surface area (Å²) >= 11 is 5.53. The lowest BCUT2D eigenvalue weighted by atomic mass is 10.0. The van der Waals surface area contributed by atoms with Gasteiger partial charge in [0.2, 0.25) is 0 Å². The summed E-state index contributed by atoms with van der Waals surface area (Å²) < 4.78 is 10.2. The SMILES string of the molecule is COCCCN(C(=O)NCCCl)C1OC[C@@H](O)[C@@H](O)[C@@H]1O. The molecule has 4 atom stereocenters. The Labute approximate surface area is 128 Å². The Bertz CT molecular complexity index is 322. The molecule has 1 rings (SSSR count). The lowest BCUT2D eigenvalue weighted by Crippen LogP contribution is -2.61. The number of carbonyl (C=O) groups is 1. The van der Waals surface area contributed by atoms with Crippen LogP contribution < -0.4 is 5.32 Å². The Kier molecular flexibility index (Phi) is 8.23.